The van der Waals surface area contributed by atoms with E-state index in [4.69, 9.17) is 17.0 Å². The van der Waals surface area contributed by atoms with Crippen LogP contribution in [-0.4, -0.2) is 33.8 Å². The van der Waals surface area contributed by atoms with Crippen molar-refractivity contribution >= 4 is 28.3 Å². The minimum Gasteiger partial charge on any atom is -0.496 e. The molecule has 3 nitrogen and oxygen atoms in total. The lowest BCUT2D eigenvalue weighted by molar-refractivity contribution is 0.200. The minimum absolute atomic E-state index is 0.779. The van der Waals surface area contributed by atoms with Gasteiger partial charge in [-0.2, -0.15) is 0 Å². The number of thioether (sulfide) groups is 1. The quantitative estimate of drug-likeness (QED) is 0.761. The summed E-state index contributed by atoms with van der Waals surface area (Å²) in [7, 11) is 1.71. The summed E-state index contributed by atoms with van der Waals surface area (Å²) in [5.74, 6) is 1.86. The standard InChI is InChI=1S/C18H20N2OS2/c1-21-17-10-6-5-9-16(17)12-20-13-19(14-23-18(20)22)11-15-7-3-2-4-8-15/h2-10H,11-14H2,1H3. The van der Waals surface area contributed by atoms with Crippen LogP contribution in [0.1, 0.15) is 11.1 Å². The van der Waals surface area contributed by atoms with E-state index in [1.165, 1.54) is 11.1 Å². The van der Waals surface area contributed by atoms with E-state index < -0.39 is 0 Å². The molecule has 0 spiro atoms. The van der Waals surface area contributed by atoms with Gasteiger partial charge >= 0.3 is 0 Å². The number of rotatable bonds is 5. The van der Waals surface area contributed by atoms with Gasteiger partial charge in [-0.3, -0.25) is 4.90 Å². The highest BCUT2D eigenvalue weighted by atomic mass is 32.2. The molecule has 0 radical (unpaired) electrons. The topological polar surface area (TPSA) is 15.7 Å². The summed E-state index contributed by atoms with van der Waals surface area (Å²) in [5.41, 5.74) is 2.50. The number of thiocarbonyl (C=S) groups is 1. The lowest BCUT2D eigenvalue weighted by Gasteiger charge is -2.37. The smallest absolute Gasteiger partial charge is 0.138 e. The molecule has 1 aliphatic rings. The molecule has 3 rings (SSSR count). The highest BCUT2D eigenvalue weighted by molar-refractivity contribution is 8.22. The SMILES string of the molecule is COc1ccccc1CN1CN(Cc2ccccc2)CSC1=S. The Bertz CT molecular complexity index is 663. The molecule has 1 heterocycles. The number of nitrogens with zero attached hydrogens (tertiary/aromatic N) is 2. The number of para-hydroxylation sites is 1. The predicted molar refractivity (Wildman–Crippen MR) is 100 cm³/mol. The number of hydrogen-bond donors (Lipinski definition) is 0. The fourth-order valence-electron chi connectivity index (χ4n) is 2.67. The molecule has 0 N–H and O–H groups in total. The molecular weight excluding hydrogens is 324 g/mol. The summed E-state index contributed by atoms with van der Waals surface area (Å²) in [6.07, 6.45) is 0. The summed E-state index contributed by atoms with van der Waals surface area (Å²) in [5, 5.41) is 0. The Morgan fingerprint density at radius 1 is 1.04 bits per heavy atom. The van der Waals surface area contributed by atoms with Crippen LogP contribution in [0.25, 0.3) is 0 Å². The van der Waals surface area contributed by atoms with E-state index in [0.29, 0.717) is 0 Å². The minimum atomic E-state index is 0.779. The first kappa shape index (κ1) is 16.3. The van der Waals surface area contributed by atoms with E-state index in [0.717, 1.165) is 35.7 Å². The number of methoxy groups -OCH3 is 1. The summed E-state index contributed by atoms with van der Waals surface area (Å²) in [4.78, 5) is 4.65. The number of ether oxygens (including phenoxy) is 1. The van der Waals surface area contributed by atoms with Crippen LogP contribution >= 0.6 is 24.0 Å². The van der Waals surface area contributed by atoms with Crippen LogP contribution in [0.5, 0.6) is 5.75 Å². The molecule has 0 aromatic heterocycles. The maximum absolute atomic E-state index is 5.54. The zero-order chi connectivity index (χ0) is 16.1. The molecule has 2 aromatic carbocycles. The van der Waals surface area contributed by atoms with E-state index in [9.17, 15) is 0 Å². The van der Waals surface area contributed by atoms with Crippen LogP contribution in [0.15, 0.2) is 54.6 Å². The summed E-state index contributed by atoms with van der Waals surface area (Å²) < 4.78 is 6.41. The van der Waals surface area contributed by atoms with Gasteiger partial charge in [0.1, 0.15) is 10.1 Å². The molecule has 0 atom stereocenters. The first-order valence-corrected chi connectivity index (χ1v) is 8.95. The third-order valence-corrected chi connectivity index (χ3v) is 5.41. The summed E-state index contributed by atoms with van der Waals surface area (Å²) in [6.45, 7) is 2.57. The Hall–Kier alpha value is -1.56. The Balaban J connectivity index is 1.67. The fraction of sp³-hybridized carbons (Fsp3) is 0.278. The molecule has 1 aliphatic heterocycles. The van der Waals surface area contributed by atoms with Crippen molar-refractivity contribution in [2.75, 3.05) is 19.7 Å². The highest BCUT2D eigenvalue weighted by Gasteiger charge is 2.22. The zero-order valence-electron chi connectivity index (χ0n) is 13.1. The van der Waals surface area contributed by atoms with Crippen LogP contribution in [0.4, 0.5) is 0 Å². The van der Waals surface area contributed by atoms with E-state index in [1.807, 2.05) is 18.2 Å². The van der Waals surface area contributed by atoms with Gasteiger partial charge in [-0.25, -0.2) is 0 Å². The monoisotopic (exact) mass is 344 g/mol. The van der Waals surface area contributed by atoms with Gasteiger partial charge in [0.15, 0.2) is 0 Å². The largest absolute Gasteiger partial charge is 0.496 e. The second-order valence-electron chi connectivity index (χ2n) is 5.51. The molecule has 1 saturated heterocycles. The van der Waals surface area contributed by atoms with Gasteiger partial charge in [0.05, 0.1) is 19.7 Å². The Morgan fingerprint density at radius 3 is 2.57 bits per heavy atom. The van der Waals surface area contributed by atoms with Crippen molar-refractivity contribution in [3.05, 3.63) is 65.7 Å². The van der Waals surface area contributed by atoms with E-state index in [2.05, 4.69) is 46.2 Å². The van der Waals surface area contributed by atoms with E-state index in [1.54, 1.807) is 18.9 Å². The Labute approximate surface area is 147 Å². The average Bonchev–Trinajstić information content (AvgIpc) is 2.59. The van der Waals surface area contributed by atoms with Crippen molar-refractivity contribution in [1.29, 1.82) is 0 Å². The van der Waals surface area contributed by atoms with Crippen LogP contribution in [0.3, 0.4) is 0 Å². The lowest BCUT2D eigenvalue weighted by Crippen LogP contribution is -2.43. The van der Waals surface area contributed by atoms with Gasteiger partial charge in [-0.1, -0.05) is 72.5 Å². The normalized spacial score (nSPS) is 15.7. The van der Waals surface area contributed by atoms with Crippen molar-refractivity contribution in [2.24, 2.45) is 0 Å². The first-order valence-electron chi connectivity index (χ1n) is 7.56. The molecule has 23 heavy (non-hydrogen) atoms. The second-order valence-corrected chi connectivity index (χ2v) is 7.08. The van der Waals surface area contributed by atoms with Crippen molar-refractivity contribution < 1.29 is 4.74 Å². The maximum Gasteiger partial charge on any atom is 0.138 e. The number of benzene rings is 2. The van der Waals surface area contributed by atoms with Crippen molar-refractivity contribution in [1.82, 2.24) is 9.80 Å². The zero-order valence-corrected chi connectivity index (χ0v) is 14.8. The van der Waals surface area contributed by atoms with Crippen LogP contribution in [0, 0.1) is 0 Å². The molecule has 5 heteroatoms. The third-order valence-electron chi connectivity index (χ3n) is 3.80. The molecule has 0 saturated carbocycles. The third kappa shape index (κ3) is 4.25. The van der Waals surface area contributed by atoms with Gasteiger partial charge in [0, 0.05) is 18.7 Å². The first-order chi connectivity index (χ1) is 11.3. The van der Waals surface area contributed by atoms with Crippen molar-refractivity contribution in [3.63, 3.8) is 0 Å². The predicted octanol–water partition coefficient (Wildman–Crippen LogP) is 3.95. The molecular formula is C18H20N2OS2. The Morgan fingerprint density at radius 2 is 1.78 bits per heavy atom. The fourth-order valence-corrected chi connectivity index (χ4v) is 3.72. The van der Waals surface area contributed by atoms with Crippen molar-refractivity contribution in [2.45, 2.75) is 13.1 Å². The summed E-state index contributed by atoms with van der Waals surface area (Å²) in [6, 6.07) is 18.7. The maximum atomic E-state index is 5.54. The van der Waals surface area contributed by atoms with Gasteiger partial charge < -0.3 is 9.64 Å². The van der Waals surface area contributed by atoms with Gasteiger partial charge in [0.25, 0.3) is 0 Å². The van der Waals surface area contributed by atoms with Crippen LogP contribution < -0.4 is 4.74 Å². The van der Waals surface area contributed by atoms with E-state index in [-0.39, 0.29) is 0 Å². The molecule has 0 aliphatic carbocycles. The molecule has 1 fully saturated rings. The van der Waals surface area contributed by atoms with Crippen LogP contribution in [0.2, 0.25) is 0 Å². The molecule has 0 amide bonds. The molecule has 0 unspecified atom stereocenters. The van der Waals surface area contributed by atoms with E-state index >= 15 is 0 Å². The van der Waals surface area contributed by atoms with Crippen LogP contribution in [-0.2, 0) is 13.1 Å². The van der Waals surface area contributed by atoms with Gasteiger partial charge in [-0.15, -0.1) is 0 Å². The molecule has 120 valence electrons. The average molecular weight is 345 g/mol. The molecule has 0 bridgehead atoms. The van der Waals surface area contributed by atoms with Gasteiger partial charge in [-0.05, 0) is 11.6 Å². The summed E-state index contributed by atoms with van der Waals surface area (Å²) >= 11 is 7.27. The van der Waals surface area contributed by atoms with Crippen molar-refractivity contribution in [3.8, 4) is 5.75 Å². The second kappa shape index (κ2) is 7.81. The number of hydrogen-bond acceptors (Lipinski definition) is 4. The highest BCUT2D eigenvalue weighted by Crippen LogP contribution is 2.25. The lowest BCUT2D eigenvalue weighted by atomic mass is 10.2. The molecule has 2 aromatic rings. The Kier molecular flexibility index (Phi) is 5.54. The van der Waals surface area contributed by atoms with Gasteiger partial charge in [0.2, 0.25) is 0 Å².